The van der Waals surface area contributed by atoms with Crippen molar-refractivity contribution in [1.82, 2.24) is 5.32 Å². The monoisotopic (exact) mass is 339 g/mol. The summed E-state index contributed by atoms with van der Waals surface area (Å²) in [6, 6.07) is 3.45. The van der Waals surface area contributed by atoms with Gasteiger partial charge in [-0.15, -0.1) is 0 Å². The van der Waals surface area contributed by atoms with Crippen molar-refractivity contribution in [3.8, 4) is 5.75 Å². The molecule has 18 heavy (non-hydrogen) atoms. The molecular weight excluding hydrogens is 331 g/mol. The first kappa shape index (κ1) is 14.8. The molecule has 0 aliphatic rings. The van der Waals surface area contributed by atoms with Crippen LogP contribution in [-0.4, -0.2) is 24.0 Å². The van der Waals surface area contributed by atoms with Gasteiger partial charge in [0.05, 0.1) is 0 Å². The molecule has 0 unspecified atom stereocenters. The molecule has 1 rings (SSSR count). The van der Waals surface area contributed by atoms with Crippen LogP contribution in [0.15, 0.2) is 23.2 Å². The van der Waals surface area contributed by atoms with E-state index < -0.39 is 12.5 Å². The van der Waals surface area contributed by atoms with Crippen LogP contribution in [0.5, 0.6) is 5.75 Å². The van der Waals surface area contributed by atoms with Gasteiger partial charge >= 0.3 is 0 Å². The van der Waals surface area contributed by atoms with Gasteiger partial charge in [0.25, 0.3) is 6.02 Å². The van der Waals surface area contributed by atoms with Crippen molar-refractivity contribution in [2.24, 2.45) is 4.99 Å². The Balaban J connectivity index is 2.85. The second-order valence-electron chi connectivity index (χ2n) is 3.03. The summed E-state index contributed by atoms with van der Waals surface area (Å²) >= 11 is 8.44. The first-order valence-electron chi connectivity index (χ1n) is 4.78. The van der Waals surface area contributed by atoms with Crippen molar-refractivity contribution in [2.45, 2.75) is 0 Å². The largest absolute Gasteiger partial charge is 0.426 e. The minimum Gasteiger partial charge on any atom is -0.426 e. The highest BCUT2D eigenvalue weighted by atomic mass is 79.9. The first-order valence-corrected chi connectivity index (χ1v) is 5.95. The number of nitrogens with zero attached hydrogens (tertiary/aromatic N) is 1. The van der Waals surface area contributed by atoms with Gasteiger partial charge in [-0.3, -0.25) is 5.41 Å². The fourth-order valence-corrected chi connectivity index (χ4v) is 1.41. The van der Waals surface area contributed by atoms with Crippen molar-refractivity contribution in [2.75, 3.05) is 13.2 Å². The molecule has 0 heterocycles. The lowest BCUT2D eigenvalue weighted by Crippen LogP contribution is -2.31. The first-order chi connectivity index (χ1) is 8.51. The fraction of sp³-hybridized carbons (Fsp3) is 0.200. The number of halogens is 4. The van der Waals surface area contributed by atoms with Gasteiger partial charge in [0, 0.05) is 17.6 Å². The van der Waals surface area contributed by atoms with Crippen molar-refractivity contribution in [1.29, 1.82) is 5.41 Å². The third kappa shape index (κ3) is 5.42. The van der Waals surface area contributed by atoms with E-state index >= 15 is 0 Å². The Morgan fingerprint density at radius 1 is 1.50 bits per heavy atom. The van der Waals surface area contributed by atoms with Gasteiger partial charge in [-0.05, 0) is 28.1 Å². The second-order valence-corrected chi connectivity index (χ2v) is 4.22. The van der Waals surface area contributed by atoms with Crippen LogP contribution >= 0.6 is 27.5 Å². The maximum Gasteiger partial charge on any atom is 0.297 e. The molecule has 0 radical (unpaired) electrons. The average Bonchev–Trinajstić information content (AvgIpc) is 2.23. The number of benzene rings is 1. The van der Waals surface area contributed by atoms with Gasteiger partial charge in [-0.2, -0.15) is 4.99 Å². The Bertz CT molecular complexity index is 450. The van der Waals surface area contributed by atoms with Gasteiger partial charge in [0.15, 0.2) is 4.74 Å². The number of rotatable bonds is 3. The molecule has 0 saturated heterocycles. The Morgan fingerprint density at radius 3 is 2.78 bits per heavy atom. The highest BCUT2D eigenvalue weighted by Crippen LogP contribution is 2.20. The van der Waals surface area contributed by atoms with Crippen LogP contribution in [0.1, 0.15) is 0 Å². The van der Waals surface area contributed by atoms with Crippen LogP contribution in [-0.2, 0) is 0 Å². The van der Waals surface area contributed by atoms with Crippen molar-refractivity contribution >= 4 is 38.3 Å². The standard InChI is InChI=1S/C10H9BrClF2N3O/c11-9(15)17-10(16-2-1-13)18-8-4-6(12)3-7(14)5-8/h3-5H,1-2H2,(H2,15,16,17). The van der Waals surface area contributed by atoms with Crippen molar-refractivity contribution in [3.05, 3.63) is 29.0 Å². The molecule has 0 atom stereocenters. The van der Waals surface area contributed by atoms with E-state index in [1.54, 1.807) is 0 Å². The third-order valence-electron chi connectivity index (χ3n) is 1.62. The number of nitrogens with one attached hydrogen (secondary N) is 2. The number of alkyl halides is 1. The summed E-state index contributed by atoms with van der Waals surface area (Å²) in [5, 5.41) is 9.79. The Hall–Kier alpha value is -1.21. The maximum absolute atomic E-state index is 13.1. The Labute approximate surface area is 116 Å². The molecule has 1 aromatic rings. The molecule has 0 saturated carbocycles. The predicted molar refractivity (Wildman–Crippen MR) is 70.1 cm³/mol. The van der Waals surface area contributed by atoms with E-state index in [1.165, 1.54) is 6.07 Å². The smallest absolute Gasteiger partial charge is 0.297 e. The van der Waals surface area contributed by atoms with E-state index in [0.717, 1.165) is 12.1 Å². The lowest BCUT2D eigenvalue weighted by atomic mass is 10.3. The summed E-state index contributed by atoms with van der Waals surface area (Å²) in [5.74, 6) is -0.477. The van der Waals surface area contributed by atoms with E-state index in [4.69, 9.17) is 21.7 Å². The highest BCUT2D eigenvalue weighted by Gasteiger charge is 2.06. The van der Waals surface area contributed by atoms with Crippen LogP contribution in [0.3, 0.4) is 0 Å². The maximum atomic E-state index is 13.1. The Morgan fingerprint density at radius 2 is 2.22 bits per heavy atom. The van der Waals surface area contributed by atoms with Gasteiger partial charge in [-0.25, -0.2) is 8.78 Å². The molecule has 1 aromatic carbocycles. The van der Waals surface area contributed by atoms with Crippen molar-refractivity contribution in [3.63, 3.8) is 0 Å². The van der Waals surface area contributed by atoms with Gasteiger partial charge in [0.2, 0.25) is 0 Å². The van der Waals surface area contributed by atoms with Crippen molar-refractivity contribution < 1.29 is 13.5 Å². The fourth-order valence-electron chi connectivity index (χ4n) is 1.04. The quantitative estimate of drug-likeness (QED) is 0.505. The highest BCUT2D eigenvalue weighted by molar-refractivity contribution is 9.18. The van der Waals surface area contributed by atoms with Crippen LogP contribution in [0.2, 0.25) is 5.02 Å². The summed E-state index contributed by atoms with van der Waals surface area (Å²) in [4.78, 5) is 3.62. The van der Waals surface area contributed by atoms with Gasteiger partial charge < -0.3 is 10.1 Å². The molecule has 0 fully saturated rings. The van der Waals surface area contributed by atoms with E-state index in [-0.39, 0.29) is 28.1 Å². The van der Waals surface area contributed by atoms with E-state index in [0.29, 0.717) is 0 Å². The molecule has 0 aromatic heterocycles. The predicted octanol–water partition coefficient (Wildman–Crippen LogP) is 3.10. The zero-order chi connectivity index (χ0) is 13.5. The van der Waals surface area contributed by atoms with Crippen LogP contribution in [0.4, 0.5) is 8.78 Å². The molecule has 0 amide bonds. The van der Waals surface area contributed by atoms with Crippen LogP contribution in [0.25, 0.3) is 0 Å². The molecule has 0 spiro atoms. The summed E-state index contributed by atoms with van der Waals surface area (Å²) in [6.45, 7) is -0.677. The lowest BCUT2D eigenvalue weighted by Gasteiger charge is -2.09. The van der Waals surface area contributed by atoms with Crippen LogP contribution in [0, 0.1) is 11.2 Å². The van der Waals surface area contributed by atoms with E-state index in [9.17, 15) is 8.78 Å². The molecule has 2 N–H and O–H groups in total. The SMILES string of the molecule is N=C(Br)/N=C(\NCCF)Oc1cc(F)cc(Cl)c1. The summed E-state index contributed by atoms with van der Waals surface area (Å²) < 4.78 is 30.0. The third-order valence-corrected chi connectivity index (χ3v) is 2.02. The topological polar surface area (TPSA) is 57.5 Å². The van der Waals surface area contributed by atoms with Gasteiger partial charge in [0.1, 0.15) is 18.2 Å². The van der Waals surface area contributed by atoms with Gasteiger partial charge in [-0.1, -0.05) is 11.6 Å². The number of ether oxygens (including phenoxy) is 1. The molecule has 0 aliphatic heterocycles. The van der Waals surface area contributed by atoms with E-state index in [2.05, 4.69) is 26.2 Å². The second kappa shape index (κ2) is 7.27. The number of hydrogen-bond acceptors (Lipinski definition) is 2. The zero-order valence-electron chi connectivity index (χ0n) is 9.01. The number of aliphatic imine (C=N–C) groups is 1. The number of hydrogen-bond donors (Lipinski definition) is 2. The molecule has 98 valence electrons. The van der Waals surface area contributed by atoms with E-state index in [1.807, 2.05) is 0 Å². The summed E-state index contributed by atoms with van der Waals surface area (Å²) in [7, 11) is 0. The summed E-state index contributed by atoms with van der Waals surface area (Å²) in [5.41, 5.74) is 0. The minimum atomic E-state index is -0.637. The zero-order valence-corrected chi connectivity index (χ0v) is 11.4. The molecule has 4 nitrogen and oxygen atoms in total. The van der Waals surface area contributed by atoms with Crippen LogP contribution < -0.4 is 10.1 Å². The molecule has 0 bridgehead atoms. The normalized spacial score (nSPS) is 11.2. The summed E-state index contributed by atoms with van der Waals surface area (Å²) in [6.07, 6.45) is 0. The molecule has 8 heteroatoms. The Kier molecular flexibility index (Phi) is 6.00. The average molecular weight is 341 g/mol. The molecule has 0 aliphatic carbocycles. The molecular formula is C10H9BrClF2N3O. The minimum absolute atomic E-state index is 0.0395. The lowest BCUT2D eigenvalue weighted by molar-refractivity contribution is 0.462. The number of amidine groups is 2.